The van der Waals surface area contributed by atoms with E-state index in [4.69, 9.17) is 18.9 Å². The molecule has 0 N–H and O–H groups in total. The third-order valence-electron chi connectivity index (χ3n) is 5.88. The number of fused-ring (bicyclic) bond motifs is 1. The lowest BCUT2D eigenvalue weighted by molar-refractivity contribution is -0.114. The summed E-state index contributed by atoms with van der Waals surface area (Å²) in [6, 6.07) is 19.3. The predicted octanol–water partition coefficient (Wildman–Crippen LogP) is 4.82. The van der Waals surface area contributed by atoms with Crippen molar-refractivity contribution in [2.45, 2.75) is 13.3 Å². The van der Waals surface area contributed by atoms with Gasteiger partial charge < -0.3 is 23.8 Å². The van der Waals surface area contributed by atoms with Gasteiger partial charge in [0.15, 0.2) is 23.0 Å². The van der Waals surface area contributed by atoms with Gasteiger partial charge in [-0.3, -0.25) is 4.79 Å². The van der Waals surface area contributed by atoms with Gasteiger partial charge in [-0.15, -0.1) is 0 Å². The SMILES string of the molecule is CCOc1cc(C=C(C#N)C(=O)N2CCc3ccccc32)ccc1OC(=O)c1ccc(OC)c(OC)c1. The predicted molar refractivity (Wildman–Crippen MR) is 138 cm³/mol. The molecule has 0 spiro atoms. The van der Waals surface area contributed by atoms with Gasteiger partial charge in [0, 0.05) is 12.2 Å². The smallest absolute Gasteiger partial charge is 0.343 e. The Kier molecular flexibility index (Phi) is 7.74. The number of hydrogen-bond donors (Lipinski definition) is 0. The average molecular weight is 499 g/mol. The van der Waals surface area contributed by atoms with Gasteiger partial charge in [0.2, 0.25) is 0 Å². The van der Waals surface area contributed by atoms with E-state index in [1.54, 1.807) is 42.2 Å². The van der Waals surface area contributed by atoms with E-state index in [0.717, 1.165) is 17.7 Å². The number of esters is 1. The fraction of sp³-hybridized carbons (Fsp3) is 0.207. The topological polar surface area (TPSA) is 98.1 Å². The summed E-state index contributed by atoms with van der Waals surface area (Å²) >= 11 is 0. The molecule has 0 aliphatic carbocycles. The molecule has 0 bridgehead atoms. The van der Waals surface area contributed by atoms with Crippen LogP contribution < -0.4 is 23.8 Å². The Bertz CT molecular complexity index is 1410. The number of anilines is 1. The zero-order valence-corrected chi connectivity index (χ0v) is 20.8. The number of benzene rings is 3. The van der Waals surface area contributed by atoms with Gasteiger partial charge in [0.1, 0.15) is 11.6 Å². The van der Waals surface area contributed by atoms with Crippen LogP contribution in [0, 0.1) is 11.3 Å². The van der Waals surface area contributed by atoms with Crippen LogP contribution >= 0.6 is 0 Å². The molecule has 1 amide bonds. The normalized spacial score (nSPS) is 12.4. The number of hydrogen-bond acceptors (Lipinski definition) is 7. The molecule has 4 rings (SSSR count). The summed E-state index contributed by atoms with van der Waals surface area (Å²) in [5.41, 5.74) is 2.72. The van der Waals surface area contributed by atoms with Crippen molar-refractivity contribution in [3.8, 4) is 29.1 Å². The lowest BCUT2D eigenvalue weighted by Crippen LogP contribution is -2.29. The first-order valence-corrected chi connectivity index (χ1v) is 11.7. The van der Waals surface area contributed by atoms with Crippen LogP contribution in [0.4, 0.5) is 5.69 Å². The summed E-state index contributed by atoms with van der Waals surface area (Å²) in [5, 5.41) is 9.73. The number of nitrogens with zero attached hydrogens (tertiary/aromatic N) is 2. The highest BCUT2D eigenvalue weighted by atomic mass is 16.6. The fourth-order valence-corrected chi connectivity index (χ4v) is 4.09. The number of para-hydroxylation sites is 1. The van der Waals surface area contributed by atoms with Crippen LogP contribution in [0.15, 0.2) is 66.2 Å². The minimum Gasteiger partial charge on any atom is -0.493 e. The zero-order valence-electron chi connectivity index (χ0n) is 20.8. The second kappa shape index (κ2) is 11.3. The van der Waals surface area contributed by atoms with Gasteiger partial charge in [0.25, 0.3) is 5.91 Å². The van der Waals surface area contributed by atoms with Gasteiger partial charge in [-0.05, 0) is 66.9 Å². The molecule has 0 aromatic heterocycles. The number of carbonyl (C=O) groups excluding carboxylic acids is 2. The van der Waals surface area contributed by atoms with E-state index < -0.39 is 5.97 Å². The number of carbonyl (C=O) groups is 2. The average Bonchev–Trinajstić information content (AvgIpc) is 3.36. The molecule has 37 heavy (non-hydrogen) atoms. The van der Waals surface area contributed by atoms with Crippen LogP contribution in [0.2, 0.25) is 0 Å². The number of methoxy groups -OCH3 is 2. The van der Waals surface area contributed by atoms with Crippen molar-refractivity contribution in [2.24, 2.45) is 0 Å². The first-order chi connectivity index (χ1) is 18.0. The summed E-state index contributed by atoms with van der Waals surface area (Å²) in [5.74, 6) is 0.431. The molecule has 1 aliphatic heterocycles. The summed E-state index contributed by atoms with van der Waals surface area (Å²) in [7, 11) is 2.99. The molecule has 0 saturated heterocycles. The molecule has 0 saturated carbocycles. The van der Waals surface area contributed by atoms with E-state index in [1.165, 1.54) is 26.4 Å². The Morgan fingerprint density at radius 1 is 0.973 bits per heavy atom. The molecule has 8 heteroatoms. The molecule has 1 heterocycles. The van der Waals surface area contributed by atoms with Gasteiger partial charge >= 0.3 is 5.97 Å². The molecule has 0 radical (unpaired) electrons. The van der Waals surface area contributed by atoms with Crippen LogP contribution in [0.3, 0.4) is 0 Å². The van der Waals surface area contributed by atoms with Crippen molar-refractivity contribution in [3.63, 3.8) is 0 Å². The second-order valence-electron chi connectivity index (χ2n) is 8.10. The molecule has 0 fully saturated rings. The minimum atomic E-state index is -0.606. The highest BCUT2D eigenvalue weighted by Gasteiger charge is 2.26. The quantitative estimate of drug-likeness (QED) is 0.190. The summed E-state index contributed by atoms with van der Waals surface area (Å²) in [6.45, 7) is 2.65. The molecule has 3 aromatic carbocycles. The Labute approximate surface area is 215 Å². The third-order valence-corrected chi connectivity index (χ3v) is 5.88. The minimum absolute atomic E-state index is 0.00535. The first-order valence-electron chi connectivity index (χ1n) is 11.7. The van der Waals surface area contributed by atoms with Gasteiger partial charge in [-0.1, -0.05) is 24.3 Å². The van der Waals surface area contributed by atoms with Crippen molar-refractivity contribution < 1.29 is 28.5 Å². The molecule has 0 atom stereocenters. The van der Waals surface area contributed by atoms with Crippen molar-refractivity contribution in [3.05, 3.63) is 82.9 Å². The zero-order chi connectivity index (χ0) is 26.4. The Balaban J connectivity index is 1.58. The van der Waals surface area contributed by atoms with E-state index >= 15 is 0 Å². The van der Waals surface area contributed by atoms with E-state index in [2.05, 4.69) is 0 Å². The first kappa shape index (κ1) is 25.3. The summed E-state index contributed by atoms with van der Waals surface area (Å²) in [4.78, 5) is 27.6. The molecule has 188 valence electrons. The van der Waals surface area contributed by atoms with Crippen LogP contribution in [0.25, 0.3) is 6.08 Å². The van der Waals surface area contributed by atoms with Crippen molar-refractivity contribution >= 4 is 23.6 Å². The number of rotatable bonds is 8. The summed E-state index contributed by atoms with van der Waals surface area (Å²) in [6.07, 6.45) is 2.25. The second-order valence-corrected chi connectivity index (χ2v) is 8.10. The van der Waals surface area contributed by atoms with E-state index in [1.807, 2.05) is 30.3 Å². The van der Waals surface area contributed by atoms with Crippen molar-refractivity contribution in [1.29, 1.82) is 5.26 Å². The van der Waals surface area contributed by atoms with Crippen molar-refractivity contribution in [1.82, 2.24) is 0 Å². The van der Waals surface area contributed by atoms with Crippen LogP contribution in [0.1, 0.15) is 28.4 Å². The monoisotopic (exact) mass is 498 g/mol. The Hall–Kier alpha value is -4.77. The lowest BCUT2D eigenvalue weighted by Gasteiger charge is -2.17. The molecule has 0 unspecified atom stereocenters. The number of nitriles is 1. The van der Waals surface area contributed by atoms with Gasteiger partial charge in [0.05, 0.1) is 26.4 Å². The molecule has 1 aliphatic rings. The molecular weight excluding hydrogens is 472 g/mol. The van der Waals surface area contributed by atoms with Crippen molar-refractivity contribution in [2.75, 3.05) is 32.3 Å². The molecule has 8 nitrogen and oxygen atoms in total. The van der Waals surface area contributed by atoms with Gasteiger partial charge in [-0.25, -0.2) is 4.79 Å². The van der Waals surface area contributed by atoms with E-state index in [-0.39, 0.29) is 22.8 Å². The molecular formula is C29H26N2O6. The van der Waals surface area contributed by atoms with Crippen LogP contribution in [-0.4, -0.2) is 39.2 Å². The highest BCUT2D eigenvalue weighted by molar-refractivity contribution is 6.12. The maximum Gasteiger partial charge on any atom is 0.343 e. The number of amides is 1. The Morgan fingerprint density at radius 3 is 2.46 bits per heavy atom. The maximum absolute atomic E-state index is 13.1. The highest BCUT2D eigenvalue weighted by Crippen LogP contribution is 2.33. The maximum atomic E-state index is 13.1. The van der Waals surface area contributed by atoms with Crippen LogP contribution in [0.5, 0.6) is 23.0 Å². The lowest BCUT2D eigenvalue weighted by atomic mass is 10.1. The molecule has 3 aromatic rings. The standard InChI is InChI=1S/C29H26N2O6/c1-4-36-27-16-19(15-22(18-30)28(32)31-14-13-20-7-5-6-8-23(20)31)9-11-25(27)37-29(33)21-10-12-24(34-2)26(17-21)35-3/h5-12,15-17H,4,13-14H2,1-3H3. The van der Waals surface area contributed by atoms with E-state index in [9.17, 15) is 14.9 Å². The summed E-state index contributed by atoms with van der Waals surface area (Å²) < 4.78 is 21.7. The largest absolute Gasteiger partial charge is 0.493 e. The van der Waals surface area contributed by atoms with Crippen LogP contribution in [-0.2, 0) is 11.2 Å². The number of ether oxygens (including phenoxy) is 4. The fourth-order valence-electron chi connectivity index (χ4n) is 4.09. The Morgan fingerprint density at radius 2 is 1.73 bits per heavy atom. The third kappa shape index (κ3) is 5.41. The van der Waals surface area contributed by atoms with E-state index in [0.29, 0.717) is 36.0 Å². The van der Waals surface area contributed by atoms with Gasteiger partial charge in [-0.2, -0.15) is 5.26 Å².